The lowest BCUT2D eigenvalue weighted by Crippen LogP contribution is -2.60. The molecule has 13 heavy (non-hydrogen) atoms. The van der Waals surface area contributed by atoms with Crippen LogP contribution in [0.5, 0.6) is 0 Å². The summed E-state index contributed by atoms with van der Waals surface area (Å²) in [6.45, 7) is 0.230. The molecule has 1 aromatic rings. The third kappa shape index (κ3) is 2.76. The zero-order valence-corrected chi connectivity index (χ0v) is 7.55. The van der Waals surface area contributed by atoms with Crippen molar-refractivity contribution < 1.29 is 4.76 Å². The molecule has 1 atom stereocenters. The molecule has 1 rings (SSSR count). The average molecular weight is 182 g/mol. The van der Waals surface area contributed by atoms with Crippen molar-refractivity contribution in [3.63, 3.8) is 0 Å². The highest BCUT2D eigenvalue weighted by Crippen LogP contribution is 2.08. The van der Waals surface area contributed by atoms with Gasteiger partial charge in [-0.3, -0.25) is 0 Å². The van der Waals surface area contributed by atoms with Gasteiger partial charge in [0.25, 0.3) is 0 Å². The van der Waals surface area contributed by atoms with E-state index < -0.39 is 4.76 Å². The molecular formula is C8H14N4O. The van der Waals surface area contributed by atoms with Gasteiger partial charge >= 0.3 is 0 Å². The first-order valence-electron chi connectivity index (χ1n) is 3.93. The van der Waals surface area contributed by atoms with Crippen molar-refractivity contribution in [2.45, 2.75) is 6.54 Å². The van der Waals surface area contributed by atoms with Gasteiger partial charge in [-0.1, -0.05) is 30.3 Å². The molecule has 0 aliphatic rings. The summed E-state index contributed by atoms with van der Waals surface area (Å²) in [6, 6.07) is 9.34. The molecule has 0 radical (unpaired) electrons. The smallest absolute Gasteiger partial charge is 0.124 e. The maximum atomic E-state index is 11.6. The Morgan fingerprint density at radius 2 is 1.85 bits per heavy atom. The minimum atomic E-state index is -0.815. The number of nitrogens with zero attached hydrogens (tertiary/aromatic N) is 2. The number of quaternary nitrogens is 1. The van der Waals surface area contributed by atoms with Crippen LogP contribution in [0.1, 0.15) is 5.56 Å². The zero-order valence-electron chi connectivity index (χ0n) is 7.55. The van der Waals surface area contributed by atoms with E-state index in [1.807, 2.05) is 30.3 Å². The summed E-state index contributed by atoms with van der Waals surface area (Å²) in [5, 5.41) is 12.2. The lowest BCUT2D eigenvalue weighted by atomic mass is 10.2. The van der Waals surface area contributed by atoms with Crippen molar-refractivity contribution in [1.82, 2.24) is 5.23 Å². The topological polar surface area (TPSA) is 78.3 Å². The van der Waals surface area contributed by atoms with Gasteiger partial charge < -0.3 is 5.21 Å². The Morgan fingerprint density at radius 3 is 2.31 bits per heavy atom. The second-order valence-corrected chi connectivity index (χ2v) is 3.07. The minimum Gasteiger partial charge on any atom is -0.609 e. The molecule has 4 N–H and O–H groups in total. The number of hydroxylamine groups is 2. The Morgan fingerprint density at radius 1 is 1.31 bits per heavy atom. The highest BCUT2D eigenvalue weighted by Gasteiger charge is 2.15. The van der Waals surface area contributed by atoms with Crippen molar-refractivity contribution in [2.24, 2.45) is 11.7 Å². The quantitative estimate of drug-likeness (QED) is 0.394. The molecule has 1 unspecified atom stereocenters. The van der Waals surface area contributed by atoms with E-state index in [2.05, 4.69) is 0 Å². The van der Waals surface area contributed by atoms with Crippen LogP contribution in [0.4, 0.5) is 0 Å². The molecule has 0 aromatic heterocycles. The molecule has 5 heteroatoms. The summed E-state index contributed by atoms with van der Waals surface area (Å²) in [5.74, 6) is 10.4. The van der Waals surface area contributed by atoms with Crippen LogP contribution in [0.15, 0.2) is 30.3 Å². The monoisotopic (exact) mass is 182 g/mol. The lowest BCUT2D eigenvalue weighted by Gasteiger charge is -2.40. The summed E-state index contributed by atoms with van der Waals surface area (Å²) in [6.07, 6.45) is 0. The number of rotatable bonds is 3. The van der Waals surface area contributed by atoms with Crippen molar-refractivity contribution in [2.75, 3.05) is 7.05 Å². The first-order chi connectivity index (χ1) is 6.02. The second kappa shape index (κ2) is 3.82. The zero-order chi connectivity index (χ0) is 9.90. The average Bonchev–Trinajstić information content (AvgIpc) is 2.05. The molecule has 0 spiro atoms. The molecule has 0 bridgehead atoms. The van der Waals surface area contributed by atoms with E-state index in [-0.39, 0.29) is 6.54 Å². The maximum absolute atomic E-state index is 11.6. The van der Waals surface area contributed by atoms with E-state index in [9.17, 15) is 5.21 Å². The van der Waals surface area contributed by atoms with Gasteiger partial charge in [-0.15, -0.1) is 0 Å². The molecule has 0 heterocycles. The van der Waals surface area contributed by atoms with Gasteiger partial charge in [-0.25, -0.2) is 16.4 Å². The number of nitrogens with two attached hydrogens (primary N) is 2. The van der Waals surface area contributed by atoms with Crippen molar-refractivity contribution >= 4 is 0 Å². The van der Waals surface area contributed by atoms with Crippen molar-refractivity contribution in [3.8, 4) is 0 Å². The Kier molecular flexibility index (Phi) is 2.97. The second-order valence-electron chi connectivity index (χ2n) is 3.07. The summed E-state index contributed by atoms with van der Waals surface area (Å²) in [5.41, 5.74) is 0.904. The Labute approximate surface area is 77.2 Å². The summed E-state index contributed by atoms with van der Waals surface area (Å²) in [4.78, 5) is 0. The number of hydrogen-bond acceptors (Lipinski definition) is 4. The molecule has 0 fully saturated rings. The van der Waals surface area contributed by atoms with Crippen LogP contribution in [-0.2, 0) is 6.54 Å². The van der Waals surface area contributed by atoms with Crippen LogP contribution < -0.4 is 11.7 Å². The van der Waals surface area contributed by atoms with E-state index in [4.69, 9.17) is 11.7 Å². The van der Waals surface area contributed by atoms with Crippen LogP contribution in [-0.4, -0.2) is 17.0 Å². The van der Waals surface area contributed by atoms with Crippen LogP contribution in [0.25, 0.3) is 0 Å². The predicted molar refractivity (Wildman–Crippen MR) is 49.9 cm³/mol. The largest absolute Gasteiger partial charge is 0.609 e. The van der Waals surface area contributed by atoms with Gasteiger partial charge in [0, 0.05) is 5.56 Å². The van der Waals surface area contributed by atoms with Gasteiger partial charge in [0.1, 0.15) is 6.54 Å². The highest BCUT2D eigenvalue weighted by molar-refractivity contribution is 5.13. The first kappa shape index (κ1) is 10.1. The molecule has 5 nitrogen and oxygen atoms in total. The molecular weight excluding hydrogens is 168 g/mol. The van der Waals surface area contributed by atoms with Gasteiger partial charge in [-0.05, 0) is 5.23 Å². The molecule has 0 aliphatic carbocycles. The Balaban J connectivity index is 2.69. The van der Waals surface area contributed by atoms with Gasteiger partial charge in [-0.2, -0.15) is 0 Å². The summed E-state index contributed by atoms with van der Waals surface area (Å²) < 4.78 is -0.815. The van der Waals surface area contributed by atoms with E-state index in [1.165, 1.54) is 7.05 Å². The van der Waals surface area contributed by atoms with Crippen LogP contribution in [0, 0.1) is 5.21 Å². The van der Waals surface area contributed by atoms with Crippen LogP contribution in [0.3, 0.4) is 0 Å². The Hall–Kier alpha value is -0.980. The fraction of sp³-hybridized carbons (Fsp3) is 0.250. The normalized spacial score (nSPS) is 15.8. The standard InChI is InChI=1S/C8H14N4O/c1-12(13,11(9)10)7-8-5-3-2-4-6-8/h2-6H,7,9-10H2,1H3. The molecule has 72 valence electrons. The molecule has 1 aromatic carbocycles. The minimum absolute atomic E-state index is 0.230. The van der Waals surface area contributed by atoms with Crippen molar-refractivity contribution in [3.05, 3.63) is 41.1 Å². The van der Waals surface area contributed by atoms with Gasteiger partial charge in [0.15, 0.2) is 0 Å². The fourth-order valence-corrected chi connectivity index (χ4v) is 1.00. The predicted octanol–water partition coefficient (Wildman–Crippen LogP) is 0.0954. The van der Waals surface area contributed by atoms with Crippen LogP contribution >= 0.6 is 0 Å². The summed E-state index contributed by atoms with van der Waals surface area (Å²) in [7, 11) is 1.40. The maximum Gasteiger partial charge on any atom is 0.124 e. The van der Waals surface area contributed by atoms with Gasteiger partial charge in [0.05, 0.1) is 7.05 Å². The van der Waals surface area contributed by atoms with Crippen LogP contribution in [0.2, 0.25) is 0 Å². The van der Waals surface area contributed by atoms with Gasteiger partial charge in [0.2, 0.25) is 0 Å². The number of hydrazine groups is 2. The Bertz CT molecular complexity index is 260. The number of benzene rings is 1. The molecule has 0 saturated carbocycles. The van der Waals surface area contributed by atoms with E-state index in [1.54, 1.807) is 0 Å². The van der Waals surface area contributed by atoms with E-state index in [0.717, 1.165) is 5.56 Å². The molecule has 0 saturated heterocycles. The number of hydrogen-bond donors (Lipinski definition) is 2. The molecule has 0 aliphatic heterocycles. The SMILES string of the molecule is C[N+]([O-])(Cc1ccccc1)N(N)N. The third-order valence-electron chi connectivity index (χ3n) is 1.81. The highest BCUT2D eigenvalue weighted by atomic mass is 16.6. The molecule has 0 amide bonds. The van der Waals surface area contributed by atoms with E-state index in [0.29, 0.717) is 5.23 Å². The third-order valence-corrected chi connectivity index (χ3v) is 1.81. The summed E-state index contributed by atoms with van der Waals surface area (Å²) >= 11 is 0. The lowest BCUT2D eigenvalue weighted by molar-refractivity contribution is -0.994. The van der Waals surface area contributed by atoms with E-state index >= 15 is 0 Å². The van der Waals surface area contributed by atoms with Crippen molar-refractivity contribution in [1.29, 1.82) is 0 Å². The first-order valence-corrected chi connectivity index (χ1v) is 3.93. The fourth-order valence-electron chi connectivity index (χ4n) is 1.00.